The molecule has 1 heterocycles. The minimum atomic E-state index is -0.0343. The van der Waals surface area contributed by atoms with Crippen molar-refractivity contribution in [1.29, 1.82) is 0 Å². The molecule has 1 aromatic carbocycles. The number of amides is 1. The van der Waals surface area contributed by atoms with E-state index in [2.05, 4.69) is 31.1 Å². The van der Waals surface area contributed by atoms with Crippen molar-refractivity contribution in [2.45, 2.75) is 58.4 Å². The van der Waals surface area contributed by atoms with E-state index < -0.39 is 0 Å². The first-order valence-corrected chi connectivity index (χ1v) is 7.90. The van der Waals surface area contributed by atoms with Crippen molar-refractivity contribution >= 4 is 16.8 Å². The van der Waals surface area contributed by atoms with E-state index in [0.717, 1.165) is 29.3 Å². The molecule has 1 aliphatic carbocycles. The van der Waals surface area contributed by atoms with E-state index in [9.17, 15) is 4.79 Å². The van der Waals surface area contributed by atoms with Crippen LogP contribution in [0.3, 0.4) is 0 Å². The molecule has 0 radical (unpaired) electrons. The molecule has 1 aliphatic rings. The van der Waals surface area contributed by atoms with Crippen LogP contribution in [0.4, 0.5) is 0 Å². The molecular weight excluding hydrogens is 260 g/mol. The van der Waals surface area contributed by atoms with Crippen LogP contribution in [-0.2, 0) is 0 Å². The van der Waals surface area contributed by atoms with Gasteiger partial charge in [-0.1, -0.05) is 19.3 Å². The van der Waals surface area contributed by atoms with Gasteiger partial charge in [-0.25, -0.2) is 0 Å². The van der Waals surface area contributed by atoms with Gasteiger partial charge in [0, 0.05) is 27.7 Å². The summed E-state index contributed by atoms with van der Waals surface area (Å²) in [4.78, 5) is 15.9. The maximum absolute atomic E-state index is 12.6. The van der Waals surface area contributed by atoms with Crippen LogP contribution in [0.1, 0.15) is 60.6 Å². The van der Waals surface area contributed by atoms with Crippen LogP contribution in [-0.4, -0.2) is 16.4 Å². The minimum Gasteiger partial charge on any atom is -0.358 e. The van der Waals surface area contributed by atoms with Gasteiger partial charge in [-0.3, -0.25) is 4.79 Å². The number of nitrogens with one attached hydrogen (secondary N) is 2. The topological polar surface area (TPSA) is 44.9 Å². The van der Waals surface area contributed by atoms with Gasteiger partial charge < -0.3 is 10.3 Å². The summed E-state index contributed by atoms with van der Waals surface area (Å²) in [6, 6.07) is 5.93. The Labute approximate surface area is 126 Å². The number of aryl methyl sites for hydroxylation is 2. The average molecular weight is 284 g/mol. The second-order valence-corrected chi connectivity index (χ2v) is 6.71. The van der Waals surface area contributed by atoms with Gasteiger partial charge in [0.15, 0.2) is 0 Å². The van der Waals surface area contributed by atoms with Crippen LogP contribution >= 0.6 is 0 Å². The van der Waals surface area contributed by atoms with Crippen molar-refractivity contribution in [3.8, 4) is 0 Å². The number of hydrogen-bond acceptors (Lipinski definition) is 1. The summed E-state index contributed by atoms with van der Waals surface area (Å²) in [5, 5.41) is 4.40. The Kier molecular flexibility index (Phi) is 3.52. The molecule has 112 valence electrons. The van der Waals surface area contributed by atoms with Crippen LogP contribution < -0.4 is 5.32 Å². The Balaban J connectivity index is 1.85. The van der Waals surface area contributed by atoms with Gasteiger partial charge in [-0.15, -0.1) is 0 Å². The fraction of sp³-hybridized carbons (Fsp3) is 0.500. The molecule has 21 heavy (non-hydrogen) atoms. The first-order valence-electron chi connectivity index (χ1n) is 7.90. The fourth-order valence-electron chi connectivity index (χ4n) is 3.41. The molecule has 3 heteroatoms. The molecular formula is C18H24N2O. The normalized spacial score (nSPS) is 17.9. The van der Waals surface area contributed by atoms with Gasteiger partial charge in [-0.05, 0) is 57.4 Å². The molecule has 2 N–H and O–H groups in total. The number of aromatic amines is 1. The highest BCUT2D eigenvalue weighted by Crippen LogP contribution is 2.28. The van der Waals surface area contributed by atoms with E-state index in [4.69, 9.17) is 0 Å². The predicted octanol–water partition coefficient (Wildman–Crippen LogP) is 4.24. The third kappa shape index (κ3) is 2.69. The van der Waals surface area contributed by atoms with Crippen molar-refractivity contribution in [1.82, 2.24) is 10.3 Å². The summed E-state index contributed by atoms with van der Waals surface area (Å²) in [5.74, 6) is 0.0551. The zero-order valence-electron chi connectivity index (χ0n) is 13.2. The zero-order chi connectivity index (χ0) is 15.0. The number of H-pyrrole nitrogens is 1. The third-order valence-corrected chi connectivity index (χ3v) is 4.94. The number of aromatic nitrogens is 1. The van der Waals surface area contributed by atoms with E-state index in [1.807, 2.05) is 18.2 Å². The molecule has 0 unspecified atom stereocenters. The maximum Gasteiger partial charge on any atom is 0.251 e. The second kappa shape index (κ2) is 5.21. The van der Waals surface area contributed by atoms with Crippen LogP contribution in [0.25, 0.3) is 10.9 Å². The van der Waals surface area contributed by atoms with Crippen molar-refractivity contribution < 1.29 is 4.79 Å². The van der Waals surface area contributed by atoms with Gasteiger partial charge in [-0.2, -0.15) is 0 Å². The highest BCUT2D eigenvalue weighted by atomic mass is 16.1. The van der Waals surface area contributed by atoms with E-state index in [1.54, 1.807) is 0 Å². The smallest absolute Gasteiger partial charge is 0.251 e. The Morgan fingerprint density at radius 1 is 1.19 bits per heavy atom. The Hall–Kier alpha value is -1.77. The van der Waals surface area contributed by atoms with Crippen molar-refractivity contribution in [3.05, 3.63) is 35.0 Å². The second-order valence-electron chi connectivity index (χ2n) is 6.71. The van der Waals surface area contributed by atoms with E-state index in [0.29, 0.717) is 0 Å². The molecule has 1 amide bonds. The Morgan fingerprint density at radius 3 is 2.62 bits per heavy atom. The summed E-state index contributed by atoms with van der Waals surface area (Å²) < 4.78 is 0. The predicted molar refractivity (Wildman–Crippen MR) is 86.7 cm³/mol. The fourth-order valence-corrected chi connectivity index (χ4v) is 3.41. The van der Waals surface area contributed by atoms with Crippen LogP contribution in [0, 0.1) is 13.8 Å². The lowest BCUT2D eigenvalue weighted by molar-refractivity contribution is 0.0883. The summed E-state index contributed by atoms with van der Waals surface area (Å²) >= 11 is 0. The average Bonchev–Trinajstić information content (AvgIpc) is 2.74. The molecule has 0 atom stereocenters. The number of carbonyl (C=O) groups excluding carboxylic acids is 1. The van der Waals surface area contributed by atoms with Gasteiger partial charge in [0.1, 0.15) is 0 Å². The van der Waals surface area contributed by atoms with Crippen LogP contribution in [0.2, 0.25) is 0 Å². The van der Waals surface area contributed by atoms with Gasteiger partial charge in [0.2, 0.25) is 0 Å². The van der Waals surface area contributed by atoms with Crippen molar-refractivity contribution in [2.75, 3.05) is 0 Å². The number of carbonyl (C=O) groups is 1. The molecule has 2 aromatic rings. The molecule has 0 aliphatic heterocycles. The molecule has 1 saturated carbocycles. The molecule has 3 nitrogen and oxygen atoms in total. The largest absolute Gasteiger partial charge is 0.358 e. The first-order chi connectivity index (χ1) is 9.98. The van der Waals surface area contributed by atoms with E-state index in [1.165, 1.54) is 30.5 Å². The summed E-state index contributed by atoms with van der Waals surface area (Å²) in [6.45, 7) is 6.34. The number of rotatable bonds is 2. The molecule has 0 bridgehead atoms. The summed E-state index contributed by atoms with van der Waals surface area (Å²) in [7, 11) is 0. The SMILES string of the molecule is Cc1[nH]c2ccc(C(=O)NC3(C)CCCCC3)cc2c1C. The quantitative estimate of drug-likeness (QED) is 0.851. The minimum absolute atomic E-state index is 0.0343. The number of hydrogen-bond donors (Lipinski definition) is 2. The maximum atomic E-state index is 12.6. The lowest BCUT2D eigenvalue weighted by atomic mass is 9.83. The highest BCUT2D eigenvalue weighted by molar-refractivity contribution is 5.99. The highest BCUT2D eigenvalue weighted by Gasteiger charge is 2.28. The Morgan fingerprint density at radius 2 is 1.90 bits per heavy atom. The van der Waals surface area contributed by atoms with Crippen molar-refractivity contribution in [2.24, 2.45) is 0 Å². The monoisotopic (exact) mass is 284 g/mol. The van der Waals surface area contributed by atoms with Crippen LogP contribution in [0.5, 0.6) is 0 Å². The molecule has 1 aromatic heterocycles. The van der Waals surface area contributed by atoms with E-state index >= 15 is 0 Å². The molecule has 3 rings (SSSR count). The lowest BCUT2D eigenvalue weighted by Gasteiger charge is -2.34. The van der Waals surface area contributed by atoms with Gasteiger partial charge >= 0.3 is 0 Å². The molecule has 0 spiro atoms. The third-order valence-electron chi connectivity index (χ3n) is 4.94. The Bertz CT molecular complexity index is 678. The van der Waals surface area contributed by atoms with Gasteiger partial charge in [0.25, 0.3) is 5.91 Å². The van der Waals surface area contributed by atoms with Crippen LogP contribution in [0.15, 0.2) is 18.2 Å². The standard InChI is InChI=1S/C18H24N2O/c1-12-13(2)19-16-8-7-14(11-15(12)16)17(21)20-18(3)9-5-4-6-10-18/h7-8,11,19H,4-6,9-10H2,1-3H3,(H,20,21). The summed E-state index contributed by atoms with van der Waals surface area (Å²) in [6.07, 6.45) is 5.89. The zero-order valence-corrected chi connectivity index (χ0v) is 13.2. The van der Waals surface area contributed by atoms with Gasteiger partial charge in [0.05, 0.1) is 0 Å². The molecule has 0 saturated heterocycles. The number of benzene rings is 1. The van der Waals surface area contributed by atoms with Crippen molar-refractivity contribution in [3.63, 3.8) is 0 Å². The lowest BCUT2D eigenvalue weighted by Crippen LogP contribution is -2.47. The first kappa shape index (κ1) is 14.2. The molecule has 1 fully saturated rings. The van der Waals surface area contributed by atoms with E-state index in [-0.39, 0.29) is 11.4 Å². The summed E-state index contributed by atoms with van der Waals surface area (Å²) in [5.41, 5.74) is 4.22. The number of fused-ring (bicyclic) bond motifs is 1.